The lowest BCUT2D eigenvalue weighted by atomic mass is 10.1. The highest BCUT2D eigenvalue weighted by Crippen LogP contribution is 2.35. The number of carbonyl (C=O) groups excluding carboxylic acids is 1. The standard InChI is InChI=1S/C23H19N3O/c1-16-9-8-12-18(15-16)24-25-21-19-13-6-7-14-20(19)26(2)22(21)23(27)17-10-4-3-5-11-17/h3-15H,1-2H3. The van der Waals surface area contributed by atoms with Gasteiger partial charge in [-0.1, -0.05) is 60.7 Å². The third kappa shape index (κ3) is 3.17. The van der Waals surface area contributed by atoms with Gasteiger partial charge in [0, 0.05) is 18.0 Å². The Morgan fingerprint density at radius 2 is 1.59 bits per heavy atom. The molecule has 0 atom stereocenters. The number of aryl methyl sites for hydroxylation is 2. The second-order valence-electron chi connectivity index (χ2n) is 6.51. The first kappa shape index (κ1) is 16.9. The van der Waals surface area contributed by atoms with Crippen molar-refractivity contribution in [2.24, 2.45) is 17.3 Å². The zero-order chi connectivity index (χ0) is 18.8. The van der Waals surface area contributed by atoms with Crippen LogP contribution < -0.4 is 0 Å². The van der Waals surface area contributed by atoms with E-state index < -0.39 is 0 Å². The molecule has 0 saturated carbocycles. The second kappa shape index (κ2) is 7.00. The number of hydrogen-bond acceptors (Lipinski definition) is 3. The van der Waals surface area contributed by atoms with Crippen LogP contribution in [0.1, 0.15) is 21.6 Å². The molecule has 132 valence electrons. The van der Waals surface area contributed by atoms with Crippen molar-refractivity contribution in [1.29, 1.82) is 0 Å². The van der Waals surface area contributed by atoms with Gasteiger partial charge < -0.3 is 4.57 Å². The number of azo groups is 1. The van der Waals surface area contributed by atoms with E-state index in [1.807, 2.05) is 97.4 Å². The number of aromatic nitrogens is 1. The van der Waals surface area contributed by atoms with E-state index in [4.69, 9.17) is 0 Å². The molecule has 0 fully saturated rings. The molecule has 4 nitrogen and oxygen atoms in total. The van der Waals surface area contributed by atoms with Crippen LogP contribution in [0.4, 0.5) is 11.4 Å². The highest BCUT2D eigenvalue weighted by atomic mass is 16.1. The van der Waals surface area contributed by atoms with Gasteiger partial charge in [-0.15, -0.1) is 5.11 Å². The minimum atomic E-state index is -0.0625. The lowest BCUT2D eigenvalue weighted by Crippen LogP contribution is -2.07. The number of benzene rings is 3. The fourth-order valence-corrected chi connectivity index (χ4v) is 3.26. The topological polar surface area (TPSA) is 46.7 Å². The number of carbonyl (C=O) groups is 1. The van der Waals surface area contributed by atoms with Gasteiger partial charge in [0.05, 0.1) is 11.2 Å². The first-order valence-electron chi connectivity index (χ1n) is 8.81. The molecule has 3 aromatic carbocycles. The number of rotatable bonds is 4. The molecule has 0 saturated heterocycles. The predicted octanol–water partition coefficient (Wildman–Crippen LogP) is 6.13. The molecule has 4 heteroatoms. The molecule has 27 heavy (non-hydrogen) atoms. The number of fused-ring (bicyclic) bond motifs is 1. The lowest BCUT2D eigenvalue weighted by molar-refractivity contribution is 0.103. The summed E-state index contributed by atoms with van der Waals surface area (Å²) in [7, 11) is 1.89. The first-order valence-corrected chi connectivity index (χ1v) is 8.81. The van der Waals surface area contributed by atoms with Crippen molar-refractivity contribution in [3.8, 4) is 0 Å². The molecular weight excluding hydrogens is 334 g/mol. The summed E-state index contributed by atoms with van der Waals surface area (Å²) in [6.07, 6.45) is 0. The normalized spacial score (nSPS) is 11.3. The highest BCUT2D eigenvalue weighted by Gasteiger charge is 2.22. The Bertz CT molecular complexity index is 1160. The molecule has 0 spiro atoms. The molecule has 1 aromatic heterocycles. The second-order valence-corrected chi connectivity index (χ2v) is 6.51. The van der Waals surface area contributed by atoms with E-state index in [1.54, 1.807) is 0 Å². The van der Waals surface area contributed by atoms with E-state index in [9.17, 15) is 4.79 Å². The fraction of sp³-hybridized carbons (Fsp3) is 0.0870. The van der Waals surface area contributed by atoms with Crippen LogP contribution in [0.25, 0.3) is 10.9 Å². The molecule has 4 aromatic rings. The van der Waals surface area contributed by atoms with Gasteiger partial charge in [-0.2, -0.15) is 5.11 Å². The van der Waals surface area contributed by atoms with Crippen LogP contribution in [-0.2, 0) is 7.05 Å². The van der Waals surface area contributed by atoms with Crippen LogP contribution >= 0.6 is 0 Å². The van der Waals surface area contributed by atoms with E-state index in [-0.39, 0.29) is 5.78 Å². The largest absolute Gasteiger partial charge is 0.339 e. The van der Waals surface area contributed by atoms with Crippen molar-refractivity contribution < 1.29 is 4.79 Å². The number of nitrogens with zero attached hydrogens (tertiary/aromatic N) is 3. The first-order chi connectivity index (χ1) is 13.1. The van der Waals surface area contributed by atoms with Crippen LogP contribution in [-0.4, -0.2) is 10.4 Å². The van der Waals surface area contributed by atoms with Gasteiger partial charge in [-0.25, -0.2) is 0 Å². The third-order valence-electron chi connectivity index (χ3n) is 4.60. The minimum Gasteiger partial charge on any atom is -0.339 e. The Labute approximate surface area is 157 Å². The van der Waals surface area contributed by atoms with Gasteiger partial charge in [0.25, 0.3) is 0 Å². The average Bonchev–Trinajstić information content (AvgIpc) is 2.99. The molecule has 0 aliphatic heterocycles. The Kier molecular flexibility index (Phi) is 4.38. The van der Waals surface area contributed by atoms with Crippen LogP contribution in [0.5, 0.6) is 0 Å². The molecule has 0 N–H and O–H groups in total. The van der Waals surface area contributed by atoms with Crippen molar-refractivity contribution >= 4 is 28.1 Å². The van der Waals surface area contributed by atoms with Gasteiger partial charge in [-0.3, -0.25) is 4.79 Å². The van der Waals surface area contributed by atoms with Gasteiger partial charge >= 0.3 is 0 Å². The smallest absolute Gasteiger partial charge is 0.211 e. The summed E-state index contributed by atoms with van der Waals surface area (Å²) in [5.41, 5.74) is 4.61. The van der Waals surface area contributed by atoms with E-state index >= 15 is 0 Å². The highest BCUT2D eigenvalue weighted by molar-refractivity contribution is 6.15. The van der Waals surface area contributed by atoms with E-state index in [0.717, 1.165) is 22.2 Å². The summed E-state index contributed by atoms with van der Waals surface area (Å²) in [6, 6.07) is 25.0. The molecule has 0 amide bonds. The predicted molar refractivity (Wildman–Crippen MR) is 108 cm³/mol. The van der Waals surface area contributed by atoms with Gasteiger partial charge in [0.15, 0.2) is 0 Å². The van der Waals surface area contributed by atoms with Crippen molar-refractivity contribution in [3.05, 3.63) is 95.7 Å². The fourth-order valence-electron chi connectivity index (χ4n) is 3.26. The molecule has 0 unspecified atom stereocenters. The Morgan fingerprint density at radius 1 is 0.852 bits per heavy atom. The monoisotopic (exact) mass is 353 g/mol. The van der Waals surface area contributed by atoms with Crippen LogP contribution in [0, 0.1) is 6.92 Å². The van der Waals surface area contributed by atoms with Crippen LogP contribution in [0.15, 0.2) is 89.1 Å². The zero-order valence-corrected chi connectivity index (χ0v) is 15.3. The number of ketones is 1. The van der Waals surface area contributed by atoms with Crippen molar-refractivity contribution in [1.82, 2.24) is 4.57 Å². The summed E-state index contributed by atoms with van der Waals surface area (Å²) in [6.45, 7) is 2.02. The Balaban J connectivity index is 1.89. The van der Waals surface area contributed by atoms with E-state index in [1.165, 1.54) is 0 Å². The molecule has 1 heterocycles. The van der Waals surface area contributed by atoms with Crippen molar-refractivity contribution in [2.45, 2.75) is 6.92 Å². The SMILES string of the molecule is Cc1cccc(N=Nc2c(C(=O)c3ccccc3)n(C)c3ccccc23)c1. The molecule has 4 rings (SSSR count). The van der Waals surface area contributed by atoms with Gasteiger partial charge in [0.1, 0.15) is 11.4 Å². The van der Waals surface area contributed by atoms with E-state index in [0.29, 0.717) is 16.9 Å². The molecule has 0 bridgehead atoms. The van der Waals surface area contributed by atoms with Crippen LogP contribution in [0.2, 0.25) is 0 Å². The Hall–Kier alpha value is -3.53. The van der Waals surface area contributed by atoms with Gasteiger partial charge in [0.2, 0.25) is 5.78 Å². The Morgan fingerprint density at radius 3 is 2.37 bits per heavy atom. The van der Waals surface area contributed by atoms with Crippen molar-refractivity contribution in [2.75, 3.05) is 0 Å². The maximum Gasteiger partial charge on any atom is 0.211 e. The summed E-state index contributed by atoms with van der Waals surface area (Å²) in [5.74, 6) is -0.0625. The quantitative estimate of drug-likeness (QED) is 0.321. The summed E-state index contributed by atoms with van der Waals surface area (Å²) >= 11 is 0. The number of para-hydroxylation sites is 1. The van der Waals surface area contributed by atoms with Crippen molar-refractivity contribution in [3.63, 3.8) is 0 Å². The summed E-state index contributed by atoms with van der Waals surface area (Å²) in [5, 5.41) is 9.81. The summed E-state index contributed by atoms with van der Waals surface area (Å²) < 4.78 is 1.90. The van der Waals surface area contributed by atoms with Crippen LogP contribution in [0.3, 0.4) is 0 Å². The zero-order valence-electron chi connectivity index (χ0n) is 15.3. The molecule has 0 radical (unpaired) electrons. The average molecular weight is 353 g/mol. The maximum absolute atomic E-state index is 13.2. The van der Waals surface area contributed by atoms with E-state index in [2.05, 4.69) is 10.2 Å². The van der Waals surface area contributed by atoms with Gasteiger partial charge in [-0.05, 0) is 30.7 Å². The minimum absolute atomic E-state index is 0.0625. The molecule has 0 aliphatic rings. The molecular formula is C23H19N3O. The summed E-state index contributed by atoms with van der Waals surface area (Å²) in [4.78, 5) is 13.2. The number of hydrogen-bond donors (Lipinski definition) is 0. The molecule has 0 aliphatic carbocycles. The lowest BCUT2D eigenvalue weighted by Gasteiger charge is -2.04. The third-order valence-corrected chi connectivity index (χ3v) is 4.60. The maximum atomic E-state index is 13.2.